The lowest BCUT2D eigenvalue weighted by Crippen LogP contribution is -2.40. The van der Waals surface area contributed by atoms with E-state index < -0.39 is 0 Å². The summed E-state index contributed by atoms with van der Waals surface area (Å²) >= 11 is 0. The van der Waals surface area contributed by atoms with Crippen molar-refractivity contribution >= 4 is 11.7 Å². The summed E-state index contributed by atoms with van der Waals surface area (Å²) in [7, 11) is 0. The predicted octanol–water partition coefficient (Wildman–Crippen LogP) is 1.31. The van der Waals surface area contributed by atoms with E-state index in [0.29, 0.717) is 31.0 Å². The minimum atomic E-state index is -0.0921. The summed E-state index contributed by atoms with van der Waals surface area (Å²) in [5.74, 6) is 0.341. The summed E-state index contributed by atoms with van der Waals surface area (Å²) in [6, 6.07) is 0. The summed E-state index contributed by atoms with van der Waals surface area (Å²) < 4.78 is 0. The van der Waals surface area contributed by atoms with Crippen molar-refractivity contribution in [3.63, 3.8) is 0 Å². The Bertz CT molecular complexity index is 425. The number of hydrogen-bond acceptors (Lipinski definition) is 4. The standard InChI is InChI=1S/C13H17N3O2/c1-2-12(17)10-3-7-16(8-4-10)13(18)11-9-14-5-6-15-11/h5-6,9-10H,2-4,7-8H2,1H3. The molecule has 18 heavy (non-hydrogen) atoms. The molecule has 0 bridgehead atoms. The highest BCUT2D eigenvalue weighted by atomic mass is 16.2. The van der Waals surface area contributed by atoms with Crippen LogP contribution < -0.4 is 0 Å². The molecular formula is C13H17N3O2. The van der Waals surface area contributed by atoms with Crippen molar-refractivity contribution in [2.45, 2.75) is 26.2 Å². The van der Waals surface area contributed by atoms with Gasteiger partial charge in [-0.2, -0.15) is 0 Å². The van der Waals surface area contributed by atoms with E-state index in [2.05, 4.69) is 9.97 Å². The molecule has 1 aliphatic rings. The summed E-state index contributed by atoms with van der Waals surface area (Å²) in [4.78, 5) is 33.3. The van der Waals surface area contributed by atoms with Crippen molar-refractivity contribution < 1.29 is 9.59 Å². The van der Waals surface area contributed by atoms with Gasteiger partial charge in [0.25, 0.3) is 5.91 Å². The zero-order chi connectivity index (χ0) is 13.0. The van der Waals surface area contributed by atoms with E-state index in [4.69, 9.17) is 0 Å². The van der Waals surface area contributed by atoms with Crippen LogP contribution in [0.5, 0.6) is 0 Å². The van der Waals surface area contributed by atoms with E-state index in [1.54, 1.807) is 11.1 Å². The fourth-order valence-corrected chi connectivity index (χ4v) is 2.26. The second-order valence-corrected chi connectivity index (χ2v) is 4.48. The lowest BCUT2D eigenvalue weighted by atomic mass is 9.91. The largest absolute Gasteiger partial charge is 0.337 e. The van der Waals surface area contributed by atoms with Crippen molar-refractivity contribution in [1.82, 2.24) is 14.9 Å². The van der Waals surface area contributed by atoms with E-state index in [9.17, 15) is 9.59 Å². The van der Waals surface area contributed by atoms with Gasteiger partial charge in [0.15, 0.2) is 0 Å². The number of amides is 1. The highest BCUT2D eigenvalue weighted by molar-refractivity contribution is 5.92. The van der Waals surface area contributed by atoms with Crippen LogP contribution >= 0.6 is 0 Å². The summed E-state index contributed by atoms with van der Waals surface area (Å²) in [6.07, 6.45) is 6.65. The molecule has 0 radical (unpaired) electrons. The molecule has 0 aliphatic carbocycles. The molecule has 0 spiro atoms. The molecule has 1 aromatic rings. The van der Waals surface area contributed by atoms with Crippen molar-refractivity contribution in [1.29, 1.82) is 0 Å². The maximum atomic E-state index is 12.1. The van der Waals surface area contributed by atoms with Gasteiger partial charge in [-0.05, 0) is 12.8 Å². The number of aromatic nitrogens is 2. The maximum Gasteiger partial charge on any atom is 0.274 e. The third-order valence-corrected chi connectivity index (χ3v) is 3.37. The first-order valence-electron chi connectivity index (χ1n) is 6.30. The number of nitrogens with zero attached hydrogens (tertiary/aromatic N) is 3. The fourth-order valence-electron chi connectivity index (χ4n) is 2.26. The topological polar surface area (TPSA) is 63.2 Å². The number of hydrogen-bond donors (Lipinski definition) is 0. The molecule has 1 saturated heterocycles. The molecule has 0 atom stereocenters. The quantitative estimate of drug-likeness (QED) is 0.807. The Morgan fingerprint density at radius 1 is 1.33 bits per heavy atom. The minimum Gasteiger partial charge on any atom is -0.337 e. The van der Waals surface area contributed by atoms with Crippen molar-refractivity contribution in [3.05, 3.63) is 24.3 Å². The van der Waals surface area contributed by atoms with Crippen LogP contribution in [-0.4, -0.2) is 39.6 Å². The van der Waals surface area contributed by atoms with Crippen molar-refractivity contribution in [2.24, 2.45) is 5.92 Å². The zero-order valence-electron chi connectivity index (χ0n) is 10.5. The van der Waals surface area contributed by atoms with E-state index >= 15 is 0 Å². The zero-order valence-corrected chi connectivity index (χ0v) is 10.5. The number of carbonyl (C=O) groups is 2. The van der Waals surface area contributed by atoms with E-state index in [1.807, 2.05) is 6.92 Å². The number of carbonyl (C=O) groups excluding carboxylic acids is 2. The molecule has 0 aromatic carbocycles. The third-order valence-electron chi connectivity index (χ3n) is 3.37. The van der Waals surface area contributed by atoms with Crippen LogP contribution in [0.2, 0.25) is 0 Å². The van der Waals surface area contributed by atoms with Gasteiger partial charge in [0.2, 0.25) is 0 Å². The molecule has 0 unspecified atom stereocenters. The van der Waals surface area contributed by atoms with Gasteiger partial charge in [-0.15, -0.1) is 0 Å². The first-order valence-corrected chi connectivity index (χ1v) is 6.30. The average Bonchev–Trinajstić information content (AvgIpc) is 2.47. The number of likely N-dealkylation sites (tertiary alicyclic amines) is 1. The molecule has 5 heteroatoms. The van der Waals surface area contributed by atoms with Gasteiger partial charge in [0.1, 0.15) is 11.5 Å². The van der Waals surface area contributed by atoms with Gasteiger partial charge >= 0.3 is 0 Å². The van der Waals surface area contributed by atoms with Gasteiger partial charge < -0.3 is 4.90 Å². The SMILES string of the molecule is CCC(=O)C1CCN(C(=O)c2cnccn2)CC1. The summed E-state index contributed by atoms with van der Waals surface area (Å²) in [5.41, 5.74) is 0.373. The Hall–Kier alpha value is -1.78. The maximum absolute atomic E-state index is 12.1. The van der Waals surface area contributed by atoms with E-state index in [1.165, 1.54) is 12.4 Å². The highest BCUT2D eigenvalue weighted by Gasteiger charge is 2.27. The van der Waals surface area contributed by atoms with Gasteiger partial charge in [-0.1, -0.05) is 6.92 Å². The van der Waals surface area contributed by atoms with Crippen LogP contribution in [-0.2, 0) is 4.79 Å². The number of piperidine rings is 1. The second-order valence-electron chi connectivity index (χ2n) is 4.48. The molecule has 1 amide bonds. The van der Waals surface area contributed by atoms with Crippen LogP contribution in [0.4, 0.5) is 0 Å². The number of Topliss-reactive ketones (excluding diaryl/α,β-unsaturated/α-hetero) is 1. The van der Waals surface area contributed by atoms with Crippen molar-refractivity contribution in [3.8, 4) is 0 Å². The lowest BCUT2D eigenvalue weighted by molar-refractivity contribution is -0.123. The van der Waals surface area contributed by atoms with Gasteiger partial charge in [0, 0.05) is 37.8 Å². The normalized spacial score (nSPS) is 16.6. The first-order chi connectivity index (χ1) is 8.72. The number of ketones is 1. The average molecular weight is 247 g/mol. The third kappa shape index (κ3) is 2.72. The van der Waals surface area contributed by atoms with Crippen LogP contribution in [0.15, 0.2) is 18.6 Å². The fraction of sp³-hybridized carbons (Fsp3) is 0.538. The Morgan fingerprint density at radius 2 is 2.06 bits per heavy atom. The second kappa shape index (κ2) is 5.71. The summed E-state index contributed by atoms with van der Waals surface area (Å²) in [6.45, 7) is 3.15. The van der Waals surface area contributed by atoms with Crippen molar-refractivity contribution in [2.75, 3.05) is 13.1 Å². The van der Waals surface area contributed by atoms with Crippen LogP contribution in [0.25, 0.3) is 0 Å². The van der Waals surface area contributed by atoms with Crippen LogP contribution in [0, 0.1) is 5.92 Å². The minimum absolute atomic E-state index is 0.0921. The molecule has 2 heterocycles. The van der Waals surface area contributed by atoms with Crippen LogP contribution in [0.1, 0.15) is 36.7 Å². The van der Waals surface area contributed by atoms with Gasteiger partial charge in [-0.25, -0.2) is 4.98 Å². The lowest BCUT2D eigenvalue weighted by Gasteiger charge is -2.30. The van der Waals surface area contributed by atoms with Gasteiger partial charge in [-0.3, -0.25) is 14.6 Å². The molecule has 0 saturated carbocycles. The molecule has 1 aromatic heterocycles. The van der Waals surface area contributed by atoms with Crippen LogP contribution in [0.3, 0.4) is 0 Å². The Labute approximate surface area is 106 Å². The predicted molar refractivity (Wildman–Crippen MR) is 66.0 cm³/mol. The van der Waals surface area contributed by atoms with Gasteiger partial charge in [0.05, 0.1) is 6.20 Å². The molecule has 96 valence electrons. The Kier molecular flexibility index (Phi) is 4.02. The van der Waals surface area contributed by atoms with E-state index in [-0.39, 0.29) is 11.8 Å². The molecule has 0 N–H and O–H groups in total. The smallest absolute Gasteiger partial charge is 0.274 e. The first kappa shape index (κ1) is 12.7. The van der Waals surface area contributed by atoms with E-state index in [0.717, 1.165) is 12.8 Å². The number of rotatable bonds is 3. The summed E-state index contributed by atoms with van der Waals surface area (Å²) in [5, 5.41) is 0. The Morgan fingerprint density at radius 3 is 2.61 bits per heavy atom. The molecule has 1 aliphatic heterocycles. The molecule has 1 fully saturated rings. The molecule has 5 nitrogen and oxygen atoms in total. The monoisotopic (exact) mass is 247 g/mol. The highest BCUT2D eigenvalue weighted by Crippen LogP contribution is 2.20. The Balaban J connectivity index is 1.94. The molecule has 2 rings (SSSR count). The molecular weight excluding hydrogens is 230 g/mol.